The maximum atomic E-state index is 13.2. The summed E-state index contributed by atoms with van der Waals surface area (Å²) in [5, 5.41) is 12.9. The second kappa shape index (κ2) is 10.3. The molecule has 32 heavy (non-hydrogen) atoms. The number of H-pyrrole nitrogens is 1. The molecule has 0 aliphatic heterocycles. The predicted octanol–water partition coefficient (Wildman–Crippen LogP) is 3.92. The summed E-state index contributed by atoms with van der Waals surface area (Å²) in [4.78, 5) is 30.7. The minimum Gasteiger partial charge on any atom is -0.393 e. The first-order valence-electron chi connectivity index (χ1n) is 11.8. The number of aliphatic hydroxyl groups excluding tert-OH is 1. The molecule has 3 N–H and O–H groups in total. The Kier molecular flexibility index (Phi) is 7.77. The molecule has 1 heterocycles. The summed E-state index contributed by atoms with van der Waals surface area (Å²) in [7, 11) is 0. The number of aromatic amines is 1. The SMILES string of the molecule is CCc1cc(C(=O)NCc2c(C)cc(C)[nH]c2=O)c(C)c(N(CC)C2CCC(O)CC2)c1. The largest absolute Gasteiger partial charge is 0.393 e. The number of aromatic nitrogens is 1. The summed E-state index contributed by atoms with van der Waals surface area (Å²) in [6.07, 6.45) is 4.22. The highest BCUT2D eigenvalue weighted by molar-refractivity contribution is 5.97. The second-order valence-electron chi connectivity index (χ2n) is 9.02. The van der Waals surface area contributed by atoms with E-state index in [0.717, 1.165) is 66.7 Å². The van der Waals surface area contributed by atoms with Crippen LogP contribution in [0.5, 0.6) is 0 Å². The molecule has 6 nitrogen and oxygen atoms in total. The Morgan fingerprint density at radius 2 is 1.81 bits per heavy atom. The van der Waals surface area contributed by atoms with Crippen molar-refractivity contribution in [1.29, 1.82) is 0 Å². The molecule has 6 heteroatoms. The van der Waals surface area contributed by atoms with E-state index in [0.29, 0.717) is 17.2 Å². The Labute approximate surface area is 191 Å². The number of hydrogen-bond donors (Lipinski definition) is 3. The number of hydrogen-bond acceptors (Lipinski definition) is 4. The molecule has 0 bridgehead atoms. The van der Waals surface area contributed by atoms with Gasteiger partial charge in [-0.1, -0.05) is 6.92 Å². The second-order valence-corrected chi connectivity index (χ2v) is 9.02. The van der Waals surface area contributed by atoms with Gasteiger partial charge in [0, 0.05) is 41.6 Å². The average Bonchev–Trinajstić information content (AvgIpc) is 2.75. The number of amides is 1. The van der Waals surface area contributed by atoms with Gasteiger partial charge in [0.05, 0.1) is 6.10 Å². The molecule has 0 radical (unpaired) electrons. The van der Waals surface area contributed by atoms with Crippen molar-refractivity contribution in [2.24, 2.45) is 0 Å². The average molecular weight is 440 g/mol. The summed E-state index contributed by atoms with van der Waals surface area (Å²) in [5.41, 5.74) is 5.97. The van der Waals surface area contributed by atoms with Gasteiger partial charge < -0.3 is 20.3 Å². The fourth-order valence-corrected chi connectivity index (χ4v) is 4.86. The quantitative estimate of drug-likeness (QED) is 0.610. The maximum Gasteiger partial charge on any atom is 0.253 e. The van der Waals surface area contributed by atoms with Crippen molar-refractivity contribution in [2.45, 2.75) is 85.4 Å². The fourth-order valence-electron chi connectivity index (χ4n) is 4.86. The van der Waals surface area contributed by atoms with E-state index in [-0.39, 0.29) is 24.1 Å². The van der Waals surface area contributed by atoms with Crippen LogP contribution in [0.15, 0.2) is 23.0 Å². The van der Waals surface area contributed by atoms with E-state index in [2.05, 4.69) is 35.1 Å². The number of carbonyl (C=O) groups excluding carboxylic acids is 1. The third-order valence-corrected chi connectivity index (χ3v) is 6.77. The highest BCUT2D eigenvalue weighted by atomic mass is 16.3. The number of nitrogens with one attached hydrogen (secondary N) is 2. The van der Waals surface area contributed by atoms with Gasteiger partial charge in [-0.05, 0) is 94.7 Å². The molecule has 0 unspecified atom stereocenters. The highest BCUT2D eigenvalue weighted by Crippen LogP contribution is 2.32. The molecule has 1 saturated carbocycles. The summed E-state index contributed by atoms with van der Waals surface area (Å²) < 4.78 is 0. The van der Waals surface area contributed by atoms with Crippen molar-refractivity contribution in [2.75, 3.05) is 11.4 Å². The third-order valence-electron chi connectivity index (χ3n) is 6.77. The molecule has 1 aliphatic carbocycles. The van der Waals surface area contributed by atoms with Crippen LogP contribution in [-0.2, 0) is 13.0 Å². The molecule has 3 rings (SSSR count). The molecule has 174 valence electrons. The minimum atomic E-state index is -0.192. The molecular formula is C26H37N3O3. The number of nitrogens with zero attached hydrogens (tertiary/aromatic N) is 1. The normalized spacial score (nSPS) is 18.4. The maximum absolute atomic E-state index is 13.2. The zero-order valence-corrected chi connectivity index (χ0v) is 20.0. The molecule has 2 aromatic rings. The van der Waals surface area contributed by atoms with Crippen LogP contribution in [0.25, 0.3) is 0 Å². The first kappa shape index (κ1) is 24.1. The van der Waals surface area contributed by atoms with Crippen LogP contribution < -0.4 is 15.8 Å². The lowest BCUT2D eigenvalue weighted by molar-refractivity contribution is 0.0950. The molecular weight excluding hydrogens is 402 g/mol. The summed E-state index contributed by atoms with van der Waals surface area (Å²) in [6.45, 7) is 11.1. The van der Waals surface area contributed by atoms with Crippen molar-refractivity contribution in [1.82, 2.24) is 10.3 Å². The van der Waals surface area contributed by atoms with Crippen molar-refractivity contribution in [3.05, 3.63) is 62.1 Å². The van der Waals surface area contributed by atoms with Crippen LogP contribution in [0.2, 0.25) is 0 Å². The highest BCUT2D eigenvalue weighted by Gasteiger charge is 2.26. The van der Waals surface area contributed by atoms with Gasteiger partial charge >= 0.3 is 0 Å². The standard InChI is InChI=1S/C26H37N3O3/c1-6-19-13-22(25(31)27-15-23-16(3)12-17(4)28-26(23)32)18(5)24(14-19)29(7-2)20-8-10-21(30)11-9-20/h12-14,20-21,30H,6-11,15H2,1-5H3,(H,27,31)(H,28,32). The topological polar surface area (TPSA) is 85.4 Å². The zero-order chi connectivity index (χ0) is 23.4. The Hall–Kier alpha value is -2.60. The van der Waals surface area contributed by atoms with Gasteiger partial charge in [-0.15, -0.1) is 0 Å². The van der Waals surface area contributed by atoms with Crippen LogP contribution in [0.4, 0.5) is 5.69 Å². The smallest absolute Gasteiger partial charge is 0.253 e. The Morgan fingerprint density at radius 1 is 1.12 bits per heavy atom. The van der Waals surface area contributed by atoms with Crippen molar-refractivity contribution >= 4 is 11.6 Å². The van der Waals surface area contributed by atoms with Crippen molar-refractivity contribution in [3.8, 4) is 0 Å². The molecule has 1 aromatic heterocycles. The van der Waals surface area contributed by atoms with Gasteiger partial charge in [0.2, 0.25) is 0 Å². The molecule has 0 spiro atoms. The van der Waals surface area contributed by atoms with Crippen LogP contribution in [0.3, 0.4) is 0 Å². The lowest BCUT2D eigenvalue weighted by atomic mass is 9.90. The van der Waals surface area contributed by atoms with E-state index >= 15 is 0 Å². The Balaban J connectivity index is 1.88. The van der Waals surface area contributed by atoms with E-state index in [1.807, 2.05) is 32.9 Å². The fraction of sp³-hybridized carbons (Fsp3) is 0.538. The van der Waals surface area contributed by atoms with Crippen LogP contribution in [0.1, 0.15) is 77.8 Å². The Bertz CT molecular complexity index is 1020. The third kappa shape index (κ3) is 5.23. The first-order valence-corrected chi connectivity index (χ1v) is 11.8. The molecule has 1 aromatic carbocycles. The van der Waals surface area contributed by atoms with Crippen LogP contribution >= 0.6 is 0 Å². The number of pyridine rings is 1. The number of rotatable bonds is 7. The number of aliphatic hydroxyl groups is 1. The number of anilines is 1. The van der Waals surface area contributed by atoms with Gasteiger partial charge in [-0.2, -0.15) is 0 Å². The molecule has 1 fully saturated rings. The van der Waals surface area contributed by atoms with E-state index in [4.69, 9.17) is 0 Å². The zero-order valence-electron chi connectivity index (χ0n) is 20.0. The first-order chi connectivity index (χ1) is 15.2. The van der Waals surface area contributed by atoms with Gasteiger partial charge in [0.1, 0.15) is 0 Å². The van der Waals surface area contributed by atoms with Gasteiger partial charge in [-0.25, -0.2) is 0 Å². The van der Waals surface area contributed by atoms with E-state index in [1.165, 1.54) is 0 Å². The number of benzene rings is 1. The predicted molar refractivity (Wildman–Crippen MR) is 130 cm³/mol. The molecule has 0 atom stereocenters. The van der Waals surface area contributed by atoms with Gasteiger partial charge in [0.25, 0.3) is 11.5 Å². The van der Waals surface area contributed by atoms with Crippen LogP contribution in [-0.4, -0.2) is 34.7 Å². The summed E-state index contributed by atoms with van der Waals surface area (Å²) in [6, 6.07) is 6.47. The Morgan fingerprint density at radius 3 is 2.41 bits per heavy atom. The van der Waals surface area contributed by atoms with Gasteiger partial charge in [0.15, 0.2) is 0 Å². The van der Waals surface area contributed by atoms with E-state index in [1.54, 1.807) is 0 Å². The summed E-state index contributed by atoms with van der Waals surface area (Å²) in [5.74, 6) is -0.159. The monoisotopic (exact) mass is 439 g/mol. The van der Waals surface area contributed by atoms with Crippen molar-refractivity contribution < 1.29 is 9.90 Å². The molecule has 1 aliphatic rings. The minimum absolute atomic E-state index is 0.154. The van der Waals surface area contributed by atoms with Crippen molar-refractivity contribution in [3.63, 3.8) is 0 Å². The number of carbonyl (C=O) groups is 1. The van der Waals surface area contributed by atoms with E-state index in [9.17, 15) is 14.7 Å². The van der Waals surface area contributed by atoms with Gasteiger partial charge in [-0.3, -0.25) is 9.59 Å². The van der Waals surface area contributed by atoms with E-state index < -0.39 is 0 Å². The molecule has 1 amide bonds. The number of aryl methyl sites for hydroxylation is 3. The molecule has 0 saturated heterocycles. The summed E-state index contributed by atoms with van der Waals surface area (Å²) >= 11 is 0. The lowest BCUT2D eigenvalue weighted by Crippen LogP contribution is -2.40. The van der Waals surface area contributed by atoms with Crippen LogP contribution in [0, 0.1) is 20.8 Å². The lowest BCUT2D eigenvalue weighted by Gasteiger charge is -2.38.